The van der Waals surface area contributed by atoms with Crippen LogP contribution in [0.4, 0.5) is 0 Å². The van der Waals surface area contributed by atoms with Crippen molar-refractivity contribution in [3.63, 3.8) is 0 Å². The Labute approximate surface area is 67.4 Å². The topological polar surface area (TPSA) is 26.3 Å². The largest absolute Gasteiger partial charge is 0.424 e. The molecule has 0 fully saturated rings. The molecule has 0 saturated heterocycles. The van der Waals surface area contributed by atoms with E-state index < -0.39 is 0 Å². The number of ether oxygens (including phenoxy) is 1. The second kappa shape index (κ2) is 3.03. The molecular formula is C6H5ClO2S. The van der Waals surface area contributed by atoms with Gasteiger partial charge in [-0.25, -0.2) is 0 Å². The van der Waals surface area contributed by atoms with Gasteiger partial charge in [0.25, 0.3) is 0 Å². The summed E-state index contributed by atoms with van der Waals surface area (Å²) in [7, 11) is 0. The summed E-state index contributed by atoms with van der Waals surface area (Å²) < 4.78 is 5.23. The third kappa shape index (κ3) is 1.72. The van der Waals surface area contributed by atoms with Crippen LogP contribution in [-0.2, 0) is 4.79 Å². The average molecular weight is 177 g/mol. The lowest BCUT2D eigenvalue weighted by Crippen LogP contribution is -2.00. The van der Waals surface area contributed by atoms with E-state index in [1.807, 2.05) is 0 Å². The number of halogens is 1. The first-order valence-electron chi connectivity index (χ1n) is 2.61. The second-order valence-electron chi connectivity index (χ2n) is 1.65. The molecule has 1 aromatic rings. The minimum Gasteiger partial charge on any atom is -0.424 e. The fraction of sp³-hybridized carbons (Fsp3) is 0.167. The van der Waals surface area contributed by atoms with Crippen molar-refractivity contribution in [3.05, 3.63) is 15.8 Å². The van der Waals surface area contributed by atoms with Gasteiger partial charge in [-0.15, -0.1) is 11.3 Å². The van der Waals surface area contributed by atoms with Crippen LogP contribution in [0.5, 0.6) is 5.75 Å². The molecule has 0 aliphatic heterocycles. The summed E-state index contributed by atoms with van der Waals surface area (Å²) in [5, 5.41) is 1.76. The van der Waals surface area contributed by atoms with Crippen LogP contribution in [0.3, 0.4) is 0 Å². The van der Waals surface area contributed by atoms with Gasteiger partial charge in [-0.1, -0.05) is 11.6 Å². The quantitative estimate of drug-likeness (QED) is 0.614. The van der Waals surface area contributed by atoms with Gasteiger partial charge in [0.1, 0.15) is 4.34 Å². The first-order valence-corrected chi connectivity index (χ1v) is 3.87. The van der Waals surface area contributed by atoms with Gasteiger partial charge in [-0.3, -0.25) is 4.79 Å². The van der Waals surface area contributed by atoms with Gasteiger partial charge in [0, 0.05) is 6.92 Å². The lowest BCUT2D eigenvalue weighted by Gasteiger charge is -1.95. The highest BCUT2D eigenvalue weighted by molar-refractivity contribution is 7.14. The van der Waals surface area contributed by atoms with E-state index in [9.17, 15) is 4.79 Å². The molecule has 10 heavy (non-hydrogen) atoms. The molecule has 0 spiro atoms. The lowest BCUT2D eigenvalue weighted by atomic mass is 10.6. The number of carbonyl (C=O) groups excluding carboxylic acids is 1. The predicted octanol–water partition coefficient (Wildman–Crippen LogP) is 2.33. The van der Waals surface area contributed by atoms with E-state index in [4.69, 9.17) is 16.3 Å². The molecule has 4 heteroatoms. The number of thiophene rings is 1. The maximum atomic E-state index is 10.4. The molecule has 0 bridgehead atoms. The molecule has 0 atom stereocenters. The van der Waals surface area contributed by atoms with Crippen LogP contribution in [0.2, 0.25) is 4.34 Å². The SMILES string of the molecule is CC(=O)Oc1ccsc1Cl. The Morgan fingerprint density at radius 2 is 2.50 bits per heavy atom. The van der Waals surface area contributed by atoms with Crippen molar-refractivity contribution in [2.24, 2.45) is 0 Å². The Kier molecular flexibility index (Phi) is 2.29. The third-order valence-corrected chi connectivity index (χ3v) is 1.97. The van der Waals surface area contributed by atoms with E-state index >= 15 is 0 Å². The zero-order valence-corrected chi connectivity index (χ0v) is 6.83. The van der Waals surface area contributed by atoms with Gasteiger partial charge < -0.3 is 4.74 Å². The van der Waals surface area contributed by atoms with Crippen molar-refractivity contribution in [1.82, 2.24) is 0 Å². The van der Waals surface area contributed by atoms with Crippen LogP contribution in [0.25, 0.3) is 0 Å². The Morgan fingerprint density at radius 3 is 2.90 bits per heavy atom. The predicted molar refractivity (Wildman–Crippen MR) is 40.6 cm³/mol. The smallest absolute Gasteiger partial charge is 0.308 e. The molecule has 54 valence electrons. The van der Waals surface area contributed by atoms with Crippen LogP contribution in [-0.4, -0.2) is 5.97 Å². The van der Waals surface area contributed by atoms with Crippen molar-refractivity contribution in [1.29, 1.82) is 0 Å². The molecule has 0 unspecified atom stereocenters. The highest BCUT2D eigenvalue weighted by atomic mass is 35.5. The molecule has 0 N–H and O–H groups in total. The molecule has 0 amide bonds. The van der Waals surface area contributed by atoms with Crippen molar-refractivity contribution in [3.8, 4) is 5.75 Å². The van der Waals surface area contributed by atoms with Crippen LogP contribution in [0.15, 0.2) is 11.4 Å². The fourth-order valence-electron chi connectivity index (χ4n) is 0.508. The first kappa shape index (κ1) is 7.57. The van der Waals surface area contributed by atoms with E-state index in [1.165, 1.54) is 18.3 Å². The summed E-state index contributed by atoms with van der Waals surface area (Å²) >= 11 is 6.96. The summed E-state index contributed by atoms with van der Waals surface area (Å²) in [6.07, 6.45) is 0. The standard InChI is InChI=1S/C6H5ClO2S/c1-4(8)9-5-2-3-10-6(5)7/h2-3H,1H3. The normalized spacial score (nSPS) is 9.40. The number of hydrogen-bond donors (Lipinski definition) is 0. The molecule has 1 heterocycles. The minimum absolute atomic E-state index is 0.347. The summed E-state index contributed by atoms with van der Waals surface area (Å²) in [4.78, 5) is 10.4. The van der Waals surface area contributed by atoms with Gasteiger partial charge in [0.15, 0.2) is 5.75 Å². The molecule has 1 rings (SSSR count). The molecule has 0 saturated carbocycles. The average Bonchev–Trinajstić information content (AvgIpc) is 2.15. The fourth-order valence-corrected chi connectivity index (χ4v) is 1.30. The van der Waals surface area contributed by atoms with Crippen molar-refractivity contribution >= 4 is 28.9 Å². The highest BCUT2D eigenvalue weighted by Crippen LogP contribution is 2.29. The number of carbonyl (C=O) groups is 1. The van der Waals surface area contributed by atoms with Gasteiger partial charge >= 0.3 is 5.97 Å². The van der Waals surface area contributed by atoms with Gasteiger partial charge in [-0.2, -0.15) is 0 Å². The monoisotopic (exact) mass is 176 g/mol. The van der Waals surface area contributed by atoms with Crippen LogP contribution in [0, 0.1) is 0 Å². The third-order valence-electron chi connectivity index (χ3n) is 0.838. The van der Waals surface area contributed by atoms with Crippen LogP contribution in [0.1, 0.15) is 6.92 Å². The molecule has 1 aromatic heterocycles. The van der Waals surface area contributed by atoms with Crippen molar-refractivity contribution in [2.45, 2.75) is 6.92 Å². The Morgan fingerprint density at radius 1 is 1.80 bits per heavy atom. The Balaban J connectivity index is 2.74. The number of rotatable bonds is 1. The molecule has 2 nitrogen and oxygen atoms in total. The van der Waals surface area contributed by atoms with Gasteiger partial charge in [-0.05, 0) is 11.4 Å². The maximum absolute atomic E-state index is 10.4. The lowest BCUT2D eigenvalue weighted by molar-refractivity contribution is -0.131. The first-order chi connectivity index (χ1) is 4.70. The Bertz CT molecular complexity index is 244. The highest BCUT2D eigenvalue weighted by Gasteiger charge is 2.03. The summed E-state index contributed by atoms with van der Waals surface area (Å²) in [6, 6.07) is 1.66. The van der Waals surface area contributed by atoms with E-state index in [0.29, 0.717) is 10.1 Å². The molecule has 0 aliphatic rings. The van der Waals surface area contributed by atoms with Crippen LogP contribution >= 0.6 is 22.9 Å². The maximum Gasteiger partial charge on any atom is 0.308 e. The number of hydrogen-bond acceptors (Lipinski definition) is 3. The van der Waals surface area contributed by atoms with E-state index in [1.54, 1.807) is 11.4 Å². The molecular weight excluding hydrogens is 172 g/mol. The van der Waals surface area contributed by atoms with Gasteiger partial charge in [0.05, 0.1) is 0 Å². The van der Waals surface area contributed by atoms with E-state index in [-0.39, 0.29) is 5.97 Å². The zero-order valence-electron chi connectivity index (χ0n) is 5.26. The number of esters is 1. The summed E-state index contributed by atoms with van der Waals surface area (Å²) in [6.45, 7) is 1.34. The molecule has 0 radical (unpaired) electrons. The molecule has 0 aliphatic carbocycles. The van der Waals surface area contributed by atoms with Crippen molar-refractivity contribution < 1.29 is 9.53 Å². The van der Waals surface area contributed by atoms with Crippen LogP contribution < -0.4 is 4.74 Å². The minimum atomic E-state index is -0.347. The summed E-state index contributed by atoms with van der Waals surface area (Å²) in [5.74, 6) is 0.0967. The zero-order chi connectivity index (χ0) is 7.56. The van der Waals surface area contributed by atoms with E-state index in [0.717, 1.165) is 0 Å². The Hall–Kier alpha value is -0.540. The van der Waals surface area contributed by atoms with Gasteiger partial charge in [0.2, 0.25) is 0 Å². The molecule has 0 aromatic carbocycles. The second-order valence-corrected chi connectivity index (χ2v) is 3.17. The van der Waals surface area contributed by atoms with Crippen molar-refractivity contribution in [2.75, 3.05) is 0 Å². The summed E-state index contributed by atoms with van der Waals surface area (Å²) in [5.41, 5.74) is 0. The van der Waals surface area contributed by atoms with E-state index in [2.05, 4.69) is 0 Å².